The molecule has 0 bridgehead atoms. The standard InChI is InChI=1S/C24H38O4.C4H8O2/c1-3-5-7-9-11-15-19-27-23(25)21-17-13-14-18-22(21)24(26)28-20-16-12-10-8-6-4-2;1-3-6-4(2)5/h13-14,17-18H,3-12,15-16,19-20H2,1-2H3;3H2,1-2H3. The van der Waals surface area contributed by atoms with Crippen LogP contribution in [0.5, 0.6) is 0 Å². The van der Waals surface area contributed by atoms with Crippen molar-refractivity contribution in [2.75, 3.05) is 19.8 Å². The van der Waals surface area contributed by atoms with E-state index in [0.29, 0.717) is 30.9 Å². The Morgan fingerprint density at radius 2 is 0.971 bits per heavy atom. The summed E-state index contributed by atoms with van der Waals surface area (Å²) in [5.41, 5.74) is 0.586. The zero-order valence-electron chi connectivity index (χ0n) is 21.9. The first-order valence-electron chi connectivity index (χ1n) is 13.0. The van der Waals surface area contributed by atoms with Crippen LogP contribution < -0.4 is 0 Å². The number of unbranched alkanes of at least 4 members (excludes halogenated alkanes) is 10. The van der Waals surface area contributed by atoms with Gasteiger partial charge in [0.25, 0.3) is 0 Å². The highest BCUT2D eigenvalue weighted by Gasteiger charge is 2.18. The van der Waals surface area contributed by atoms with Gasteiger partial charge in [-0.2, -0.15) is 0 Å². The van der Waals surface area contributed by atoms with Gasteiger partial charge in [0.05, 0.1) is 30.9 Å². The first kappa shape index (κ1) is 31.6. The van der Waals surface area contributed by atoms with Crippen LogP contribution in [0.15, 0.2) is 24.3 Å². The lowest BCUT2D eigenvalue weighted by atomic mass is 10.1. The predicted molar refractivity (Wildman–Crippen MR) is 136 cm³/mol. The number of esters is 3. The Bertz CT molecular complexity index is 622. The van der Waals surface area contributed by atoms with E-state index in [1.807, 2.05) is 0 Å². The van der Waals surface area contributed by atoms with E-state index in [-0.39, 0.29) is 5.97 Å². The summed E-state index contributed by atoms with van der Waals surface area (Å²) in [6.07, 6.45) is 13.6. The molecule has 0 N–H and O–H groups in total. The molecule has 0 fully saturated rings. The lowest BCUT2D eigenvalue weighted by Gasteiger charge is -2.10. The molecule has 0 heterocycles. The quantitative estimate of drug-likeness (QED) is 0.133. The van der Waals surface area contributed by atoms with Gasteiger partial charge in [0.1, 0.15) is 0 Å². The van der Waals surface area contributed by atoms with Crippen molar-refractivity contribution in [3.63, 3.8) is 0 Å². The van der Waals surface area contributed by atoms with Gasteiger partial charge < -0.3 is 14.2 Å². The van der Waals surface area contributed by atoms with Crippen LogP contribution in [-0.4, -0.2) is 37.7 Å². The van der Waals surface area contributed by atoms with Gasteiger partial charge in [0.2, 0.25) is 0 Å². The number of hydrogen-bond donors (Lipinski definition) is 0. The van der Waals surface area contributed by atoms with Crippen molar-refractivity contribution in [2.24, 2.45) is 0 Å². The summed E-state index contributed by atoms with van der Waals surface area (Å²) in [6, 6.07) is 6.74. The van der Waals surface area contributed by atoms with Crippen LogP contribution in [-0.2, 0) is 19.0 Å². The molecule has 0 atom stereocenters. The Morgan fingerprint density at radius 3 is 1.29 bits per heavy atom. The number of carbonyl (C=O) groups excluding carboxylic acids is 3. The average Bonchev–Trinajstić information content (AvgIpc) is 2.83. The topological polar surface area (TPSA) is 78.9 Å². The maximum atomic E-state index is 12.4. The van der Waals surface area contributed by atoms with E-state index in [9.17, 15) is 14.4 Å². The Morgan fingerprint density at radius 1 is 0.588 bits per heavy atom. The van der Waals surface area contributed by atoms with Crippen molar-refractivity contribution in [2.45, 2.75) is 105 Å². The monoisotopic (exact) mass is 478 g/mol. The van der Waals surface area contributed by atoms with Gasteiger partial charge in [-0.1, -0.05) is 90.2 Å². The van der Waals surface area contributed by atoms with E-state index in [2.05, 4.69) is 18.6 Å². The first-order valence-corrected chi connectivity index (χ1v) is 13.0. The molecule has 0 unspecified atom stereocenters. The zero-order valence-corrected chi connectivity index (χ0v) is 21.9. The van der Waals surface area contributed by atoms with Crippen LogP contribution in [0, 0.1) is 0 Å². The molecule has 0 saturated heterocycles. The van der Waals surface area contributed by atoms with Crippen LogP contribution in [0.3, 0.4) is 0 Å². The van der Waals surface area contributed by atoms with Crippen LogP contribution >= 0.6 is 0 Å². The third-order valence-electron chi connectivity index (χ3n) is 5.18. The summed E-state index contributed by atoms with van der Waals surface area (Å²) in [7, 11) is 0. The fourth-order valence-corrected chi connectivity index (χ4v) is 3.29. The lowest BCUT2D eigenvalue weighted by Crippen LogP contribution is -2.15. The van der Waals surface area contributed by atoms with E-state index in [1.54, 1.807) is 31.2 Å². The van der Waals surface area contributed by atoms with Crippen molar-refractivity contribution in [3.8, 4) is 0 Å². The summed E-state index contributed by atoms with van der Waals surface area (Å²) in [5, 5.41) is 0. The van der Waals surface area contributed by atoms with Crippen LogP contribution in [0.2, 0.25) is 0 Å². The summed E-state index contributed by atoms with van der Waals surface area (Å²) in [6.45, 7) is 8.83. The Kier molecular flexibility index (Phi) is 20.9. The van der Waals surface area contributed by atoms with Gasteiger partial charge in [-0.25, -0.2) is 9.59 Å². The predicted octanol–water partition coefficient (Wildman–Crippen LogP) is 7.29. The molecule has 1 rings (SSSR count). The number of hydrogen-bond acceptors (Lipinski definition) is 6. The van der Waals surface area contributed by atoms with Crippen molar-refractivity contribution < 1.29 is 28.6 Å². The molecule has 0 amide bonds. The second kappa shape index (κ2) is 22.4. The minimum atomic E-state index is -0.444. The molecular weight excluding hydrogens is 432 g/mol. The second-order valence-electron chi connectivity index (χ2n) is 8.28. The van der Waals surface area contributed by atoms with E-state index in [4.69, 9.17) is 9.47 Å². The number of benzene rings is 1. The highest BCUT2D eigenvalue weighted by Crippen LogP contribution is 2.14. The molecule has 0 aliphatic heterocycles. The third kappa shape index (κ3) is 17.2. The van der Waals surface area contributed by atoms with Gasteiger partial charge >= 0.3 is 17.9 Å². The number of ether oxygens (including phenoxy) is 3. The maximum absolute atomic E-state index is 12.4. The molecule has 0 spiro atoms. The minimum absolute atomic E-state index is 0.211. The molecular formula is C28H46O6. The normalized spacial score (nSPS) is 10.1. The van der Waals surface area contributed by atoms with Crippen molar-refractivity contribution in [1.29, 1.82) is 0 Å². The number of rotatable bonds is 17. The second-order valence-corrected chi connectivity index (χ2v) is 8.28. The van der Waals surface area contributed by atoms with Crippen molar-refractivity contribution >= 4 is 17.9 Å². The molecule has 34 heavy (non-hydrogen) atoms. The smallest absolute Gasteiger partial charge is 0.339 e. The molecule has 1 aromatic rings. The molecule has 1 aromatic carbocycles. The fraction of sp³-hybridized carbons (Fsp3) is 0.679. The molecule has 0 radical (unpaired) electrons. The van der Waals surface area contributed by atoms with Gasteiger partial charge in [0, 0.05) is 6.92 Å². The Balaban J connectivity index is 0.00000160. The largest absolute Gasteiger partial charge is 0.466 e. The number of carbonyl (C=O) groups is 3. The average molecular weight is 479 g/mol. The van der Waals surface area contributed by atoms with Crippen molar-refractivity contribution in [1.82, 2.24) is 0 Å². The lowest BCUT2D eigenvalue weighted by molar-refractivity contribution is -0.140. The van der Waals surface area contributed by atoms with Crippen molar-refractivity contribution in [3.05, 3.63) is 35.4 Å². The Labute approximate surface area is 206 Å². The summed E-state index contributed by atoms with van der Waals surface area (Å²) < 4.78 is 15.1. The molecule has 6 nitrogen and oxygen atoms in total. The summed E-state index contributed by atoms with van der Waals surface area (Å²) in [5.74, 6) is -1.10. The summed E-state index contributed by atoms with van der Waals surface area (Å²) in [4.78, 5) is 34.5. The van der Waals surface area contributed by atoms with Crippen LogP contribution in [0.25, 0.3) is 0 Å². The van der Waals surface area contributed by atoms with Gasteiger partial charge in [-0.05, 0) is 31.9 Å². The van der Waals surface area contributed by atoms with Crippen LogP contribution in [0.4, 0.5) is 0 Å². The molecule has 0 aliphatic rings. The van der Waals surface area contributed by atoms with E-state index in [1.165, 1.54) is 58.3 Å². The molecule has 194 valence electrons. The van der Waals surface area contributed by atoms with Gasteiger partial charge in [-0.15, -0.1) is 0 Å². The van der Waals surface area contributed by atoms with Gasteiger partial charge in [-0.3, -0.25) is 4.79 Å². The van der Waals surface area contributed by atoms with Gasteiger partial charge in [0.15, 0.2) is 0 Å². The maximum Gasteiger partial charge on any atom is 0.339 e. The SMILES string of the molecule is CCCCCCCCOC(=O)c1ccccc1C(=O)OCCCCCCCC.CCOC(C)=O. The van der Waals surface area contributed by atoms with E-state index in [0.717, 1.165) is 25.7 Å². The highest BCUT2D eigenvalue weighted by molar-refractivity contribution is 6.03. The summed E-state index contributed by atoms with van der Waals surface area (Å²) >= 11 is 0. The van der Waals surface area contributed by atoms with E-state index >= 15 is 0 Å². The van der Waals surface area contributed by atoms with E-state index < -0.39 is 11.9 Å². The fourth-order valence-electron chi connectivity index (χ4n) is 3.29. The highest BCUT2D eigenvalue weighted by atomic mass is 16.5. The Hall–Kier alpha value is -2.37. The zero-order chi connectivity index (χ0) is 25.4. The molecule has 6 heteroatoms. The molecule has 0 aliphatic carbocycles. The minimum Gasteiger partial charge on any atom is -0.466 e. The first-order chi connectivity index (χ1) is 16.5. The van der Waals surface area contributed by atoms with Crippen LogP contribution in [0.1, 0.15) is 125 Å². The third-order valence-corrected chi connectivity index (χ3v) is 5.18. The molecule has 0 aromatic heterocycles. The molecule has 0 saturated carbocycles.